The summed E-state index contributed by atoms with van der Waals surface area (Å²) in [7, 11) is 3.16. The maximum absolute atomic E-state index is 14.2. The summed E-state index contributed by atoms with van der Waals surface area (Å²) in [5.74, 6) is -0.500. The average Bonchev–Trinajstić information content (AvgIpc) is 2.50. The van der Waals surface area contributed by atoms with E-state index >= 15 is 0 Å². The highest BCUT2D eigenvalue weighted by Gasteiger charge is 2.24. The molecule has 0 atom stereocenters. The molecule has 0 amide bonds. The van der Waals surface area contributed by atoms with Gasteiger partial charge in [0, 0.05) is 20.1 Å². The largest absolute Gasteiger partial charge is 0.387 e. The van der Waals surface area contributed by atoms with Gasteiger partial charge in [-0.05, 0) is 37.2 Å². The number of anilines is 2. The third-order valence-corrected chi connectivity index (χ3v) is 3.92. The molecule has 1 aromatic carbocycles. The summed E-state index contributed by atoms with van der Waals surface area (Å²) in [5.41, 5.74) is 3.98. The van der Waals surface area contributed by atoms with Crippen LogP contribution in [-0.2, 0) is 4.84 Å². The monoisotopic (exact) mass is 332 g/mol. The molecule has 2 N–H and O–H groups in total. The summed E-state index contributed by atoms with van der Waals surface area (Å²) in [4.78, 5) is 5.27. The SMILES string of the molecule is CNc1cc(N(OC)C(=S)N2CCCCN2)c(F)cc1Cl. The van der Waals surface area contributed by atoms with Gasteiger partial charge in [-0.15, -0.1) is 0 Å². The molecule has 0 radical (unpaired) electrons. The quantitative estimate of drug-likeness (QED) is 0.655. The number of nitrogens with one attached hydrogen (secondary N) is 2. The Bertz CT molecular complexity index is 525. The number of hydrogen-bond donors (Lipinski definition) is 2. The third-order valence-electron chi connectivity index (χ3n) is 3.22. The molecule has 1 aromatic rings. The van der Waals surface area contributed by atoms with Crippen LogP contribution in [0.4, 0.5) is 15.8 Å². The van der Waals surface area contributed by atoms with E-state index in [2.05, 4.69) is 10.7 Å². The summed E-state index contributed by atoms with van der Waals surface area (Å²) >= 11 is 11.4. The molecule has 1 fully saturated rings. The maximum atomic E-state index is 14.2. The second-order valence-electron chi connectivity index (χ2n) is 4.56. The van der Waals surface area contributed by atoms with E-state index in [-0.39, 0.29) is 5.69 Å². The molecule has 8 heteroatoms. The van der Waals surface area contributed by atoms with E-state index in [9.17, 15) is 4.39 Å². The van der Waals surface area contributed by atoms with Crippen molar-refractivity contribution in [3.05, 3.63) is 23.0 Å². The molecule has 0 bridgehead atoms. The number of halogens is 2. The molecular weight excluding hydrogens is 315 g/mol. The first-order valence-electron chi connectivity index (χ1n) is 6.64. The van der Waals surface area contributed by atoms with Crippen LogP contribution in [0.15, 0.2) is 12.1 Å². The lowest BCUT2D eigenvalue weighted by Gasteiger charge is -2.34. The van der Waals surface area contributed by atoms with E-state index in [0.29, 0.717) is 15.8 Å². The smallest absolute Gasteiger partial charge is 0.215 e. The minimum absolute atomic E-state index is 0.212. The molecule has 5 nitrogen and oxygen atoms in total. The van der Waals surface area contributed by atoms with Crippen molar-refractivity contribution in [1.29, 1.82) is 0 Å². The number of rotatable bonds is 3. The van der Waals surface area contributed by atoms with E-state index in [4.69, 9.17) is 28.7 Å². The molecule has 0 aromatic heterocycles. The van der Waals surface area contributed by atoms with E-state index < -0.39 is 5.82 Å². The van der Waals surface area contributed by atoms with Crippen molar-refractivity contribution in [3.63, 3.8) is 0 Å². The standard InChI is InChI=1S/C13H18ClFN4OS/c1-16-11-8-12(10(15)7-9(11)14)19(20-2)13(21)18-6-4-3-5-17-18/h7-8,16-17H,3-6H2,1-2H3. The molecule has 0 spiro atoms. The molecule has 1 aliphatic heterocycles. The van der Waals surface area contributed by atoms with Crippen LogP contribution in [0.2, 0.25) is 5.02 Å². The predicted molar refractivity (Wildman–Crippen MR) is 87.0 cm³/mol. The highest BCUT2D eigenvalue weighted by molar-refractivity contribution is 7.80. The molecule has 21 heavy (non-hydrogen) atoms. The van der Waals surface area contributed by atoms with Gasteiger partial charge >= 0.3 is 0 Å². The highest BCUT2D eigenvalue weighted by atomic mass is 35.5. The van der Waals surface area contributed by atoms with Gasteiger partial charge in [-0.25, -0.2) is 9.82 Å². The van der Waals surface area contributed by atoms with Crippen LogP contribution in [0.3, 0.4) is 0 Å². The van der Waals surface area contributed by atoms with Crippen molar-refractivity contribution in [2.45, 2.75) is 12.8 Å². The fourth-order valence-electron chi connectivity index (χ4n) is 2.13. The first-order valence-corrected chi connectivity index (χ1v) is 7.43. The minimum Gasteiger partial charge on any atom is -0.387 e. The summed E-state index contributed by atoms with van der Waals surface area (Å²) < 4.78 is 14.2. The second kappa shape index (κ2) is 7.22. The Morgan fingerprint density at radius 2 is 2.29 bits per heavy atom. The van der Waals surface area contributed by atoms with Crippen molar-refractivity contribution < 1.29 is 9.23 Å². The first kappa shape index (κ1) is 16.2. The minimum atomic E-state index is -0.500. The van der Waals surface area contributed by atoms with Gasteiger partial charge in [0.2, 0.25) is 5.11 Å². The Morgan fingerprint density at radius 1 is 1.52 bits per heavy atom. The Kier molecular flexibility index (Phi) is 5.58. The summed E-state index contributed by atoms with van der Waals surface area (Å²) in [6, 6.07) is 2.80. The number of hydrazine groups is 1. The lowest BCUT2D eigenvalue weighted by molar-refractivity contribution is 0.178. The number of hydrogen-bond acceptors (Lipinski definition) is 4. The molecule has 2 rings (SSSR count). The van der Waals surface area contributed by atoms with Crippen LogP contribution in [0, 0.1) is 5.82 Å². The molecule has 0 saturated carbocycles. The van der Waals surface area contributed by atoms with E-state index in [1.807, 2.05) is 0 Å². The number of benzene rings is 1. The van der Waals surface area contributed by atoms with Crippen LogP contribution in [0.25, 0.3) is 0 Å². The summed E-state index contributed by atoms with van der Waals surface area (Å²) in [6.45, 7) is 1.59. The third kappa shape index (κ3) is 3.55. The lowest BCUT2D eigenvalue weighted by Crippen LogP contribution is -2.52. The topological polar surface area (TPSA) is 39.8 Å². The van der Waals surface area contributed by atoms with Crippen molar-refractivity contribution in [2.24, 2.45) is 0 Å². The van der Waals surface area contributed by atoms with Gasteiger partial charge in [0.15, 0.2) is 5.82 Å². The zero-order valence-corrected chi connectivity index (χ0v) is 13.5. The zero-order valence-electron chi connectivity index (χ0n) is 11.9. The van der Waals surface area contributed by atoms with Crippen LogP contribution >= 0.6 is 23.8 Å². The van der Waals surface area contributed by atoms with Crippen LogP contribution in [-0.4, -0.2) is 37.4 Å². The van der Waals surface area contributed by atoms with Crippen LogP contribution in [0.5, 0.6) is 0 Å². The Hall–Kier alpha value is -1.15. The van der Waals surface area contributed by atoms with Crippen LogP contribution in [0.1, 0.15) is 12.8 Å². The van der Waals surface area contributed by atoms with Gasteiger partial charge in [-0.2, -0.15) is 5.06 Å². The van der Waals surface area contributed by atoms with Crippen molar-refractivity contribution >= 4 is 40.3 Å². The Labute approximate surface area is 133 Å². The normalized spacial score (nSPS) is 15.0. The number of nitrogens with zero attached hydrogens (tertiary/aromatic N) is 2. The molecule has 1 saturated heterocycles. The predicted octanol–water partition coefficient (Wildman–Crippen LogP) is 2.77. The van der Waals surface area contributed by atoms with Crippen molar-refractivity contribution in [3.8, 4) is 0 Å². The molecular formula is C13H18ClFN4OS. The number of hydroxylamine groups is 1. The van der Waals surface area contributed by atoms with Gasteiger partial charge in [0.1, 0.15) is 5.69 Å². The molecule has 116 valence electrons. The summed E-state index contributed by atoms with van der Waals surface area (Å²) in [5, 5.41) is 6.64. The fraction of sp³-hybridized carbons (Fsp3) is 0.462. The molecule has 1 aliphatic rings. The van der Waals surface area contributed by atoms with E-state index in [1.54, 1.807) is 18.1 Å². The van der Waals surface area contributed by atoms with Crippen LogP contribution < -0.4 is 15.8 Å². The van der Waals surface area contributed by atoms with Gasteiger partial charge in [-0.1, -0.05) is 11.6 Å². The fourth-order valence-corrected chi connectivity index (χ4v) is 2.70. The molecule has 0 unspecified atom stereocenters. The van der Waals surface area contributed by atoms with Gasteiger partial charge < -0.3 is 5.32 Å². The molecule has 1 heterocycles. The first-order chi connectivity index (χ1) is 10.1. The zero-order chi connectivity index (χ0) is 15.4. The second-order valence-corrected chi connectivity index (χ2v) is 5.33. The van der Waals surface area contributed by atoms with Gasteiger partial charge in [0.25, 0.3) is 0 Å². The highest BCUT2D eigenvalue weighted by Crippen LogP contribution is 2.31. The summed E-state index contributed by atoms with van der Waals surface area (Å²) in [6.07, 6.45) is 2.11. The lowest BCUT2D eigenvalue weighted by atomic mass is 10.2. The maximum Gasteiger partial charge on any atom is 0.215 e. The Morgan fingerprint density at radius 3 is 2.86 bits per heavy atom. The number of thiocarbonyl (C=S) groups is 1. The Balaban J connectivity index is 2.30. The van der Waals surface area contributed by atoms with Gasteiger partial charge in [0.05, 0.1) is 17.8 Å². The average molecular weight is 333 g/mol. The van der Waals surface area contributed by atoms with Gasteiger partial charge in [-0.3, -0.25) is 9.85 Å². The van der Waals surface area contributed by atoms with Crippen molar-refractivity contribution in [2.75, 3.05) is 37.6 Å². The van der Waals surface area contributed by atoms with E-state index in [1.165, 1.54) is 18.2 Å². The molecule has 0 aliphatic carbocycles. The van der Waals surface area contributed by atoms with E-state index in [0.717, 1.165) is 25.9 Å². The van der Waals surface area contributed by atoms with Crippen molar-refractivity contribution in [1.82, 2.24) is 10.4 Å².